The molecule has 0 spiro atoms. The maximum atomic E-state index is 11.0. The first-order chi connectivity index (χ1) is 10.4. The Hall–Kier alpha value is -2.58. The number of halogens is 1. The smallest absolute Gasteiger partial charge is 0.346 e. The van der Waals surface area contributed by atoms with E-state index in [9.17, 15) is 4.79 Å². The Morgan fingerprint density at radius 2 is 2.14 bits per heavy atom. The van der Waals surface area contributed by atoms with Gasteiger partial charge < -0.3 is 5.11 Å². The number of carboxylic acid groups (broad SMARTS) is 1. The molecule has 0 fully saturated rings. The van der Waals surface area contributed by atoms with Gasteiger partial charge in [-0.1, -0.05) is 29.8 Å². The largest absolute Gasteiger partial charge is 0.477 e. The van der Waals surface area contributed by atoms with Crippen molar-refractivity contribution in [3.63, 3.8) is 0 Å². The zero-order valence-electron chi connectivity index (χ0n) is 12.2. The molecule has 1 aromatic carbocycles. The molecule has 22 heavy (non-hydrogen) atoms. The number of nitrogens with zero attached hydrogens (tertiary/aromatic N) is 3. The van der Waals surface area contributed by atoms with Gasteiger partial charge in [0.05, 0.1) is 12.2 Å². The van der Waals surface area contributed by atoms with Crippen LogP contribution in [-0.2, 0) is 11.3 Å². The van der Waals surface area contributed by atoms with Gasteiger partial charge in [0.25, 0.3) is 0 Å². The first-order valence-electron chi connectivity index (χ1n) is 6.56. The van der Waals surface area contributed by atoms with E-state index in [-0.39, 0.29) is 5.57 Å². The summed E-state index contributed by atoms with van der Waals surface area (Å²) in [6, 6.07) is 9.14. The van der Waals surface area contributed by atoms with Gasteiger partial charge >= 0.3 is 5.97 Å². The maximum Gasteiger partial charge on any atom is 0.346 e. The standard InChI is InChI=1S/C16H14ClN3O2/c1-10-14(7-13(8-18)16(21)22)11(2)20(19-10)9-12-5-3-4-6-15(12)17/h3-7H,9H2,1-2H3,(H,21,22)/b13-7-. The SMILES string of the molecule is Cc1nn(Cc2ccccc2Cl)c(C)c1/C=C(/C#N)C(=O)O. The molecule has 6 heteroatoms. The maximum absolute atomic E-state index is 11.0. The summed E-state index contributed by atoms with van der Waals surface area (Å²) in [4.78, 5) is 11.0. The average molecular weight is 316 g/mol. The van der Waals surface area contributed by atoms with E-state index in [1.54, 1.807) is 17.7 Å². The fraction of sp³-hybridized carbons (Fsp3) is 0.188. The molecule has 1 N–H and O–H groups in total. The van der Waals surface area contributed by atoms with Crippen LogP contribution >= 0.6 is 11.6 Å². The number of carboxylic acids is 1. The summed E-state index contributed by atoms with van der Waals surface area (Å²) in [5, 5.41) is 22.9. The van der Waals surface area contributed by atoms with Crippen molar-refractivity contribution in [1.29, 1.82) is 5.26 Å². The molecule has 2 aromatic rings. The van der Waals surface area contributed by atoms with Gasteiger partial charge in [0.15, 0.2) is 0 Å². The van der Waals surface area contributed by atoms with Crippen molar-refractivity contribution in [3.05, 3.63) is 57.4 Å². The Morgan fingerprint density at radius 1 is 1.45 bits per heavy atom. The molecule has 0 aliphatic rings. The minimum Gasteiger partial charge on any atom is -0.477 e. The summed E-state index contributed by atoms with van der Waals surface area (Å²) >= 11 is 6.15. The number of carbonyl (C=O) groups is 1. The minimum atomic E-state index is -1.25. The van der Waals surface area contributed by atoms with Crippen LogP contribution in [0.25, 0.3) is 6.08 Å². The van der Waals surface area contributed by atoms with Crippen molar-refractivity contribution in [2.75, 3.05) is 0 Å². The Balaban J connectivity index is 2.42. The predicted molar refractivity (Wildman–Crippen MR) is 83.5 cm³/mol. The van der Waals surface area contributed by atoms with E-state index < -0.39 is 5.97 Å². The summed E-state index contributed by atoms with van der Waals surface area (Å²) in [6.07, 6.45) is 1.35. The second-order valence-corrected chi connectivity index (χ2v) is 5.22. The van der Waals surface area contributed by atoms with Crippen molar-refractivity contribution in [2.24, 2.45) is 0 Å². The molecular formula is C16H14ClN3O2. The second kappa shape index (κ2) is 6.46. The summed E-state index contributed by atoms with van der Waals surface area (Å²) in [7, 11) is 0. The van der Waals surface area contributed by atoms with Gasteiger partial charge in [-0.05, 0) is 31.6 Å². The number of nitriles is 1. The molecule has 0 aliphatic heterocycles. The lowest BCUT2D eigenvalue weighted by Gasteiger charge is -2.06. The lowest BCUT2D eigenvalue weighted by atomic mass is 10.1. The van der Waals surface area contributed by atoms with Gasteiger partial charge in [-0.15, -0.1) is 0 Å². The van der Waals surface area contributed by atoms with Crippen molar-refractivity contribution in [1.82, 2.24) is 9.78 Å². The molecule has 0 bridgehead atoms. The van der Waals surface area contributed by atoms with Gasteiger partial charge in [-0.2, -0.15) is 10.4 Å². The van der Waals surface area contributed by atoms with Crippen LogP contribution in [0.5, 0.6) is 0 Å². The summed E-state index contributed by atoms with van der Waals surface area (Å²) < 4.78 is 1.75. The molecule has 2 rings (SSSR count). The normalized spacial score (nSPS) is 11.3. The quantitative estimate of drug-likeness (QED) is 0.694. The number of aromatic nitrogens is 2. The average Bonchev–Trinajstić information content (AvgIpc) is 2.73. The molecule has 0 unspecified atom stereocenters. The molecule has 0 amide bonds. The van der Waals surface area contributed by atoms with Crippen molar-refractivity contribution in [3.8, 4) is 6.07 Å². The van der Waals surface area contributed by atoms with Crippen molar-refractivity contribution < 1.29 is 9.90 Å². The molecule has 112 valence electrons. The van der Waals surface area contributed by atoms with Crippen LogP contribution < -0.4 is 0 Å². The van der Waals surface area contributed by atoms with E-state index in [0.717, 1.165) is 11.3 Å². The zero-order chi connectivity index (χ0) is 16.3. The highest BCUT2D eigenvalue weighted by Crippen LogP contribution is 2.21. The molecule has 0 atom stereocenters. The van der Waals surface area contributed by atoms with Crippen LogP contribution in [-0.4, -0.2) is 20.9 Å². The van der Waals surface area contributed by atoms with Gasteiger partial charge in [0.2, 0.25) is 0 Å². The van der Waals surface area contributed by atoms with Gasteiger partial charge in [-0.25, -0.2) is 4.79 Å². The Labute approximate surface area is 133 Å². The van der Waals surface area contributed by atoms with Crippen LogP contribution in [0.3, 0.4) is 0 Å². The van der Waals surface area contributed by atoms with Crippen LogP contribution in [0.2, 0.25) is 5.02 Å². The van der Waals surface area contributed by atoms with Crippen LogP contribution in [0.1, 0.15) is 22.5 Å². The molecule has 5 nitrogen and oxygen atoms in total. The molecule has 0 saturated carbocycles. The van der Waals surface area contributed by atoms with Crippen LogP contribution in [0, 0.1) is 25.2 Å². The Morgan fingerprint density at radius 3 is 2.73 bits per heavy atom. The number of benzene rings is 1. The van der Waals surface area contributed by atoms with Gasteiger partial charge in [-0.3, -0.25) is 4.68 Å². The van der Waals surface area contributed by atoms with E-state index >= 15 is 0 Å². The molecule has 0 radical (unpaired) electrons. The summed E-state index contributed by atoms with van der Waals surface area (Å²) in [5.41, 5.74) is 2.70. The third-order valence-electron chi connectivity index (χ3n) is 3.35. The number of aryl methyl sites for hydroxylation is 1. The van der Waals surface area contributed by atoms with Crippen LogP contribution in [0.15, 0.2) is 29.8 Å². The topological polar surface area (TPSA) is 78.9 Å². The van der Waals surface area contributed by atoms with Crippen LogP contribution in [0.4, 0.5) is 0 Å². The fourth-order valence-electron chi connectivity index (χ4n) is 2.15. The molecule has 1 heterocycles. The first-order valence-corrected chi connectivity index (χ1v) is 6.94. The highest BCUT2D eigenvalue weighted by atomic mass is 35.5. The lowest BCUT2D eigenvalue weighted by Crippen LogP contribution is -2.04. The summed E-state index contributed by atoms with van der Waals surface area (Å²) in [5.74, 6) is -1.25. The predicted octanol–water partition coefficient (Wildman–Crippen LogP) is 3.19. The molecule has 0 aliphatic carbocycles. The Kier molecular flexibility index (Phi) is 4.64. The highest BCUT2D eigenvalue weighted by Gasteiger charge is 2.14. The molecule has 0 saturated heterocycles. The lowest BCUT2D eigenvalue weighted by molar-refractivity contribution is -0.132. The minimum absolute atomic E-state index is 0.316. The number of aliphatic carboxylic acids is 1. The van der Waals surface area contributed by atoms with Gasteiger partial charge in [0.1, 0.15) is 11.6 Å². The first kappa shape index (κ1) is 15.8. The third kappa shape index (κ3) is 3.18. The highest BCUT2D eigenvalue weighted by molar-refractivity contribution is 6.31. The second-order valence-electron chi connectivity index (χ2n) is 4.81. The van der Waals surface area contributed by atoms with Gasteiger partial charge in [0, 0.05) is 16.3 Å². The fourth-order valence-corrected chi connectivity index (χ4v) is 2.34. The van der Waals surface area contributed by atoms with Crippen molar-refractivity contribution >= 4 is 23.6 Å². The van der Waals surface area contributed by atoms with E-state index in [1.807, 2.05) is 31.2 Å². The zero-order valence-corrected chi connectivity index (χ0v) is 12.9. The number of rotatable bonds is 4. The van der Waals surface area contributed by atoms with E-state index in [0.29, 0.717) is 22.8 Å². The van der Waals surface area contributed by atoms with E-state index in [1.165, 1.54) is 6.08 Å². The number of hydrogen-bond acceptors (Lipinski definition) is 3. The third-order valence-corrected chi connectivity index (χ3v) is 3.72. The van der Waals surface area contributed by atoms with Crippen molar-refractivity contribution in [2.45, 2.75) is 20.4 Å². The van der Waals surface area contributed by atoms with E-state index in [2.05, 4.69) is 5.10 Å². The monoisotopic (exact) mass is 315 g/mol. The Bertz CT molecular complexity index is 800. The molecule has 1 aromatic heterocycles. The number of hydrogen-bond donors (Lipinski definition) is 1. The molecular weight excluding hydrogens is 302 g/mol. The van der Waals surface area contributed by atoms with E-state index in [4.69, 9.17) is 22.0 Å². The summed E-state index contributed by atoms with van der Waals surface area (Å²) in [6.45, 7) is 4.09.